The summed E-state index contributed by atoms with van der Waals surface area (Å²) in [6.45, 7) is 17.1. The number of aliphatic hydroxyl groups is 1. The number of aliphatic hydroxyl groups excluding tert-OH is 1. The number of allylic oxidation sites excluding steroid dienone is 2. The normalized spacial score (nSPS) is 13.6. The summed E-state index contributed by atoms with van der Waals surface area (Å²) in [5.74, 6) is 0.547. The Morgan fingerprint density at radius 2 is 1.58 bits per heavy atom. The van der Waals surface area contributed by atoms with Crippen molar-refractivity contribution in [1.29, 1.82) is 0 Å². The van der Waals surface area contributed by atoms with Gasteiger partial charge in [0.05, 0.1) is 11.3 Å². The summed E-state index contributed by atoms with van der Waals surface area (Å²) < 4.78 is 0. The Balaban J connectivity index is 0.000000297. The van der Waals surface area contributed by atoms with Crippen LogP contribution in [-0.4, -0.2) is 28.9 Å². The molecule has 0 saturated heterocycles. The molecule has 1 N–H and O–H groups in total. The number of ketones is 1. The predicted molar refractivity (Wildman–Crippen MR) is 189 cm³/mol. The van der Waals surface area contributed by atoms with Gasteiger partial charge in [0.1, 0.15) is 14.4 Å². The van der Waals surface area contributed by atoms with Gasteiger partial charge in [-0.3, -0.25) is 9.78 Å². The molecule has 0 saturated carbocycles. The maximum atomic E-state index is 11.7. The maximum absolute atomic E-state index is 11.7. The van der Waals surface area contributed by atoms with E-state index >= 15 is 0 Å². The molecule has 5 rings (SSSR count). The van der Waals surface area contributed by atoms with Gasteiger partial charge in [0, 0.05) is 38.0 Å². The SMILES string of the molecule is CCC(CC)C(=O)/C=C(\O)C(CC)CC.Cc1[c-]c(-c2ncnc3cc(C4=Cc5ccccc5[Si]4(C)C)ccc23)cc(C)c1.[Ir]. The van der Waals surface area contributed by atoms with Crippen LogP contribution in [0.25, 0.3) is 33.4 Å². The summed E-state index contributed by atoms with van der Waals surface area (Å²) >= 11 is 0. The summed E-state index contributed by atoms with van der Waals surface area (Å²) in [6.07, 6.45) is 8.96. The molecule has 0 aliphatic carbocycles. The van der Waals surface area contributed by atoms with Crippen molar-refractivity contribution in [3.8, 4) is 11.3 Å². The Bertz CT molecular complexity index is 1680. The molecule has 2 heterocycles. The van der Waals surface area contributed by atoms with E-state index in [1.165, 1.54) is 33.1 Å². The van der Waals surface area contributed by atoms with Crippen LogP contribution in [0.15, 0.2) is 72.8 Å². The van der Waals surface area contributed by atoms with Crippen molar-refractivity contribution in [3.63, 3.8) is 0 Å². The summed E-state index contributed by atoms with van der Waals surface area (Å²) in [6, 6.07) is 23.2. The van der Waals surface area contributed by atoms with E-state index in [9.17, 15) is 9.90 Å². The van der Waals surface area contributed by atoms with E-state index in [0.29, 0.717) is 0 Å². The molecule has 0 unspecified atom stereocenters. The van der Waals surface area contributed by atoms with E-state index < -0.39 is 8.07 Å². The van der Waals surface area contributed by atoms with Crippen LogP contribution in [0.3, 0.4) is 0 Å². The summed E-state index contributed by atoms with van der Waals surface area (Å²) in [7, 11) is -1.70. The number of nitrogens with zero attached hydrogens (tertiary/aromatic N) is 2. The second-order valence-corrected chi connectivity index (χ2v) is 16.8. The first kappa shape index (κ1) is 36.3. The number of hydrogen-bond acceptors (Lipinski definition) is 4. The minimum atomic E-state index is -1.70. The zero-order valence-corrected chi connectivity index (χ0v) is 31.4. The molecule has 0 amide bonds. The van der Waals surface area contributed by atoms with Crippen LogP contribution in [0.5, 0.6) is 0 Å². The Labute approximate surface area is 284 Å². The Hall–Kier alpha value is -3.18. The van der Waals surface area contributed by atoms with Crippen molar-refractivity contribution in [2.75, 3.05) is 0 Å². The fourth-order valence-corrected chi connectivity index (χ4v) is 9.43. The number of benzene rings is 3. The van der Waals surface area contributed by atoms with Crippen molar-refractivity contribution in [2.45, 2.75) is 80.3 Å². The van der Waals surface area contributed by atoms with Gasteiger partial charge in [0.25, 0.3) is 0 Å². The maximum Gasteiger partial charge on any atom is 0.162 e. The zero-order valence-electron chi connectivity index (χ0n) is 28.0. The number of carbonyl (C=O) groups excluding carboxylic acids is 1. The molecule has 45 heavy (non-hydrogen) atoms. The first-order chi connectivity index (χ1) is 21.0. The van der Waals surface area contributed by atoms with Crippen LogP contribution in [0.4, 0.5) is 0 Å². The standard InChI is InChI=1S/C26H23N2Si.C13H24O2.Ir/c1-17-11-18(2)13-21(12-17)26-22-10-9-20(14-23(22)27-16-28-26)25-15-19-7-5-6-8-24(19)29(25,3)4;1-5-10(6-2)12(14)9-13(15)11(7-3)8-4;/h5-12,14-16H,1-4H3;9-11,14H,5-8H2,1-4H3;/q-1;;/b;12-9-;. The van der Waals surface area contributed by atoms with Crippen LogP contribution >= 0.6 is 0 Å². The molecule has 4 aromatic rings. The van der Waals surface area contributed by atoms with Crippen molar-refractivity contribution in [3.05, 3.63) is 101 Å². The summed E-state index contributed by atoms with van der Waals surface area (Å²) in [5.41, 5.74) is 7.97. The number of aryl methyl sites for hydroxylation is 2. The third-order valence-corrected chi connectivity index (χ3v) is 12.6. The van der Waals surface area contributed by atoms with Crippen molar-refractivity contribution in [1.82, 2.24) is 9.97 Å². The molecule has 239 valence electrons. The van der Waals surface area contributed by atoms with Crippen LogP contribution < -0.4 is 5.19 Å². The smallest absolute Gasteiger partial charge is 0.162 e. The second kappa shape index (κ2) is 15.9. The monoisotopic (exact) mass is 796 g/mol. The Morgan fingerprint density at radius 1 is 0.911 bits per heavy atom. The van der Waals surface area contributed by atoms with Gasteiger partial charge >= 0.3 is 0 Å². The number of hydrogen-bond donors (Lipinski definition) is 1. The quantitative estimate of drug-likeness (QED) is 0.0794. The Kier molecular flexibility index (Phi) is 12.8. The predicted octanol–water partition coefficient (Wildman–Crippen LogP) is 9.59. The van der Waals surface area contributed by atoms with Crippen molar-refractivity contribution < 1.29 is 30.0 Å². The zero-order chi connectivity index (χ0) is 32.0. The van der Waals surface area contributed by atoms with Crippen LogP contribution in [0, 0.1) is 31.7 Å². The number of carbonyl (C=O) groups is 1. The largest absolute Gasteiger partial charge is 0.512 e. The van der Waals surface area contributed by atoms with E-state index in [1.807, 2.05) is 27.7 Å². The molecule has 1 radical (unpaired) electrons. The van der Waals surface area contributed by atoms with E-state index in [4.69, 9.17) is 0 Å². The molecule has 0 atom stereocenters. The molecule has 4 nitrogen and oxygen atoms in total. The average Bonchev–Trinajstić information content (AvgIpc) is 3.28. The van der Waals surface area contributed by atoms with Gasteiger partial charge in [0.2, 0.25) is 0 Å². The van der Waals surface area contributed by atoms with Gasteiger partial charge in [-0.15, -0.1) is 34.9 Å². The molecule has 6 heteroatoms. The minimum absolute atomic E-state index is 0. The van der Waals surface area contributed by atoms with Gasteiger partial charge in [0.15, 0.2) is 5.78 Å². The molecule has 0 fully saturated rings. The van der Waals surface area contributed by atoms with E-state index in [0.717, 1.165) is 53.4 Å². The third-order valence-electron chi connectivity index (χ3n) is 9.04. The number of fused-ring (bicyclic) bond motifs is 2. The molecule has 1 aromatic heterocycles. The van der Waals surface area contributed by atoms with Gasteiger partial charge < -0.3 is 5.11 Å². The van der Waals surface area contributed by atoms with Gasteiger partial charge in [-0.1, -0.05) is 97.1 Å². The first-order valence-electron chi connectivity index (χ1n) is 16.1. The molecule has 0 bridgehead atoms. The fourth-order valence-electron chi connectivity index (χ4n) is 6.36. The second-order valence-electron chi connectivity index (χ2n) is 12.5. The molecular weight excluding hydrogens is 749 g/mol. The van der Waals surface area contributed by atoms with Gasteiger partial charge in [-0.2, -0.15) is 0 Å². The number of rotatable bonds is 9. The van der Waals surface area contributed by atoms with Crippen molar-refractivity contribution >= 4 is 41.2 Å². The molecule has 1 aliphatic heterocycles. The summed E-state index contributed by atoms with van der Waals surface area (Å²) in [5, 5.41) is 13.8. The van der Waals surface area contributed by atoms with E-state index in [2.05, 4.69) is 104 Å². The number of aromatic nitrogens is 2. The molecule has 0 spiro atoms. The third kappa shape index (κ3) is 8.16. The molecule has 3 aromatic carbocycles. The minimum Gasteiger partial charge on any atom is -0.512 e. The average molecular weight is 796 g/mol. The fraction of sp³-hybridized carbons (Fsp3) is 0.359. The van der Waals surface area contributed by atoms with E-state index in [-0.39, 0.29) is 43.5 Å². The van der Waals surface area contributed by atoms with Gasteiger partial charge in [-0.25, -0.2) is 4.98 Å². The van der Waals surface area contributed by atoms with Crippen LogP contribution in [0.1, 0.15) is 75.6 Å². The summed E-state index contributed by atoms with van der Waals surface area (Å²) in [4.78, 5) is 20.9. The topological polar surface area (TPSA) is 63.1 Å². The van der Waals surface area contributed by atoms with Crippen LogP contribution in [-0.2, 0) is 24.9 Å². The Morgan fingerprint density at radius 3 is 2.20 bits per heavy atom. The van der Waals surface area contributed by atoms with E-state index in [1.54, 1.807) is 6.33 Å². The van der Waals surface area contributed by atoms with Gasteiger partial charge in [-0.05, 0) is 64.3 Å². The van der Waals surface area contributed by atoms with Crippen LogP contribution in [0.2, 0.25) is 13.1 Å². The molecular formula is C39H47IrN2O2Si-. The molecule has 1 aliphatic rings. The van der Waals surface area contributed by atoms with Crippen molar-refractivity contribution in [2.24, 2.45) is 11.8 Å². The first-order valence-corrected chi connectivity index (χ1v) is 19.1.